The van der Waals surface area contributed by atoms with Gasteiger partial charge in [-0.05, 0) is 54.8 Å². The van der Waals surface area contributed by atoms with Gasteiger partial charge in [0.2, 0.25) is 5.88 Å². The summed E-state index contributed by atoms with van der Waals surface area (Å²) >= 11 is 0. The van der Waals surface area contributed by atoms with Gasteiger partial charge in [0.1, 0.15) is 12.1 Å². The Morgan fingerprint density at radius 3 is 2.25 bits per heavy atom. The van der Waals surface area contributed by atoms with E-state index in [9.17, 15) is 5.26 Å². The lowest BCUT2D eigenvalue weighted by Gasteiger charge is -2.17. The van der Waals surface area contributed by atoms with Crippen molar-refractivity contribution in [1.82, 2.24) is 9.97 Å². The highest BCUT2D eigenvalue weighted by atomic mass is 16.5. The van der Waals surface area contributed by atoms with E-state index >= 15 is 0 Å². The largest absolute Gasteiger partial charge is 0.493 e. The van der Waals surface area contributed by atoms with Crippen molar-refractivity contribution in [2.45, 2.75) is 19.3 Å². The Balaban J connectivity index is 1.71. The third-order valence-electron chi connectivity index (χ3n) is 5.35. The normalized spacial score (nSPS) is 11.1. The van der Waals surface area contributed by atoms with Gasteiger partial charge in [0.25, 0.3) is 0 Å². The molecule has 0 unspecified atom stereocenters. The molecule has 32 heavy (non-hydrogen) atoms. The standard InChI is InChI=1S/C26H23N3O3/c1-26(2,15-27)19-9-5-7-17(11-19)18-8-6-10-20(12-18)32-25-21-13-23(30-3)24(31-4)14-22(21)28-16-29-25/h5-14,16H,1-4H3. The molecule has 1 aromatic heterocycles. The third-order valence-corrected chi connectivity index (χ3v) is 5.35. The summed E-state index contributed by atoms with van der Waals surface area (Å²) in [7, 11) is 3.17. The molecule has 0 spiro atoms. The number of benzene rings is 3. The van der Waals surface area contributed by atoms with Crippen molar-refractivity contribution in [3.05, 3.63) is 72.6 Å². The van der Waals surface area contributed by atoms with Crippen molar-refractivity contribution in [2.75, 3.05) is 14.2 Å². The third kappa shape index (κ3) is 4.06. The Morgan fingerprint density at radius 1 is 0.844 bits per heavy atom. The minimum atomic E-state index is -0.565. The van der Waals surface area contributed by atoms with Gasteiger partial charge < -0.3 is 14.2 Å². The van der Waals surface area contributed by atoms with Crippen molar-refractivity contribution < 1.29 is 14.2 Å². The van der Waals surface area contributed by atoms with E-state index in [0.717, 1.165) is 16.7 Å². The van der Waals surface area contributed by atoms with Gasteiger partial charge in [-0.3, -0.25) is 0 Å². The first-order chi connectivity index (χ1) is 15.4. The lowest BCUT2D eigenvalue weighted by Crippen LogP contribution is -2.13. The first-order valence-corrected chi connectivity index (χ1v) is 10.1. The monoisotopic (exact) mass is 425 g/mol. The predicted octanol–water partition coefficient (Wildman–Crippen LogP) is 5.91. The highest BCUT2D eigenvalue weighted by Crippen LogP contribution is 2.36. The zero-order chi connectivity index (χ0) is 22.7. The van der Waals surface area contributed by atoms with Crippen molar-refractivity contribution in [3.8, 4) is 40.3 Å². The molecule has 3 aromatic carbocycles. The van der Waals surface area contributed by atoms with Crippen LogP contribution in [0.5, 0.6) is 23.1 Å². The SMILES string of the molecule is COc1cc2ncnc(Oc3cccc(-c4cccc(C(C)(C)C#N)c4)c3)c2cc1OC. The molecule has 0 atom stereocenters. The van der Waals surface area contributed by atoms with Gasteiger partial charge in [0.05, 0.1) is 36.6 Å². The fraction of sp³-hybridized carbons (Fsp3) is 0.192. The Labute approximate surface area is 187 Å². The minimum Gasteiger partial charge on any atom is -0.493 e. The van der Waals surface area contributed by atoms with Crippen LogP contribution in [0.2, 0.25) is 0 Å². The summed E-state index contributed by atoms with van der Waals surface area (Å²) in [5.41, 5.74) is 3.08. The molecule has 0 N–H and O–H groups in total. The van der Waals surface area contributed by atoms with E-state index < -0.39 is 5.41 Å². The van der Waals surface area contributed by atoms with E-state index in [2.05, 4.69) is 16.0 Å². The van der Waals surface area contributed by atoms with Gasteiger partial charge in [-0.2, -0.15) is 5.26 Å². The maximum Gasteiger partial charge on any atom is 0.230 e. The molecule has 160 valence electrons. The van der Waals surface area contributed by atoms with Crippen LogP contribution in [0.15, 0.2) is 67.0 Å². The first-order valence-electron chi connectivity index (χ1n) is 10.1. The topological polar surface area (TPSA) is 77.3 Å². The summed E-state index contributed by atoms with van der Waals surface area (Å²) < 4.78 is 16.9. The zero-order valence-electron chi connectivity index (χ0n) is 18.4. The molecule has 0 saturated carbocycles. The maximum atomic E-state index is 9.48. The summed E-state index contributed by atoms with van der Waals surface area (Å²) in [5, 5.41) is 10.2. The molecular weight excluding hydrogens is 402 g/mol. The van der Waals surface area contributed by atoms with Crippen LogP contribution in [-0.4, -0.2) is 24.2 Å². The molecule has 1 heterocycles. The van der Waals surface area contributed by atoms with E-state index in [1.807, 2.05) is 62.4 Å². The fourth-order valence-electron chi connectivity index (χ4n) is 3.44. The van der Waals surface area contributed by atoms with E-state index in [1.54, 1.807) is 26.4 Å². The number of aromatic nitrogens is 2. The Kier molecular flexibility index (Phi) is 5.65. The average molecular weight is 425 g/mol. The lowest BCUT2D eigenvalue weighted by molar-refractivity contribution is 0.355. The second-order valence-corrected chi connectivity index (χ2v) is 7.85. The van der Waals surface area contributed by atoms with E-state index in [4.69, 9.17) is 14.2 Å². The number of hydrogen-bond acceptors (Lipinski definition) is 6. The van der Waals surface area contributed by atoms with E-state index in [-0.39, 0.29) is 0 Å². The summed E-state index contributed by atoms with van der Waals surface area (Å²) in [6.07, 6.45) is 1.46. The van der Waals surface area contributed by atoms with Crippen LogP contribution in [0, 0.1) is 11.3 Å². The minimum absolute atomic E-state index is 0.424. The van der Waals surface area contributed by atoms with Gasteiger partial charge in [-0.25, -0.2) is 9.97 Å². The van der Waals surface area contributed by atoms with Gasteiger partial charge in [0, 0.05) is 6.07 Å². The fourth-order valence-corrected chi connectivity index (χ4v) is 3.44. The first kappa shape index (κ1) is 21.1. The zero-order valence-corrected chi connectivity index (χ0v) is 18.4. The quantitative estimate of drug-likeness (QED) is 0.382. The summed E-state index contributed by atoms with van der Waals surface area (Å²) in [6, 6.07) is 21.7. The summed E-state index contributed by atoms with van der Waals surface area (Å²) in [5.74, 6) is 2.23. The summed E-state index contributed by atoms with van der Waals surface area (Å²) in [4.78, 5) is 8.65. The van der Waals surface area contributed by atoms with Gasteiger partial charge in [-0.15, -0.1) is 0 Å². The number of nitriles is 1. The van der Waals surface area contributed by atoms with Crippen molar-refractivity contribution in [2.24, 2.45) is 0 Å². The van der Waals surface area contributed by atoms with Gasteiger partial charge >= 0.3 is 0 Å². The summed E-state index contributed by atoms with van der Waals surface area (Å²) in [6.45, 7) is 3.82. The molecule has 0 aliphatic heterocycles. The Morgan fingerprint density at radius 2 is 1.53 bits per heavy atom. The molecule has 4 aromatic rings. The molecule has 0 aliphatic rings. The van der Waals surface area contributed by atoms with E-state index in [1.165, 1.54) is 6.33 Å². The van der Waals surface area contributed by atoms with Crippen LogP contribution in [0.3, 0.4) is 0 Å². The molecule has 0 bridgehead atoms. The number of fused-ring (bicyclic) bond motifs is 1. The van der Waals surface area contributed by atoms with Crippen molar-refractivity contribution in [3.63, 3.8) is 0 Å². The van der Waals surface area contributed by atoms with Crippen LogP contribution >= 0.6 is 0 Å². The van der Waals surface area contributed by atoms with Crippen LogP contribution in [0.1, 0.15) is 19.4 Å². The average Bonchev–Trinajstić information content (AvgIpc) is 2.83. The van der Waals surface area contributed by atoms with Crippen molar-refractivity contribution >= 4 is 10.9 Å². The number of ether oxygens (including phenoxy) is 3. The van der Waals surface area contributed by atoms with Gasteiger partial charge in [-0.1, -0.05) is 30.3 Å². The number of hydrogen-bond donors (Lipinski definition) is 0. The van der Waals surface area contributed by atoms with Gasteiger partial charge in [0.15, 0.2) is 11.5 Å². The van der Waals surface area contributed by atoms with E-state index in [0.29, 0.717) is 34.0 Å². The second kappa shape index (κ2) is 8.56. The molecule has 4 rings (SSSR count). The van der Waals surface area contributed by atoms with Crippen LogP contribution in [0.4, 0.5) is 0 Å². The van der Waals surface area contributed by atoms with Crippen LogP contribution in [-0.2, 0) is 5.41 Å². The number of rotatable bonds is 6. The lowest BCUT2D eigenvalue weighted by atomic mass is 9.85. The maximum absolute atomic E-state index is 9.48. The van der Waals surface area contributed by atoms with Crippen LogP contribution < -0.4 is 14.2 Å². The molecular formula is C26H23N3O3. The Hall–Kier alpha value is -4.11. The van der Waals surface area contributed by atoms with Crippen molar-refractivity contribution in [1.29, 1.82) is 5.26 Å². The molecule has 6 heteroatoms. The Bertz CT molecular complexity index is 1330. The molecule has 0 fully saturated rings. The number of nitrogens with zero attached hydrogens (tertiary/aromatic N) is 3. The molecule has 0 aliphatic carbocycles. The molecule has 0 saturated heterocycles. The second-order valence-electron chi connectivity index (χ2n) is 7.85. The molecule has 0 amide bonds. The molecule has 6 nitrogen and oxygen atoms in total. The highest BCUT2D eigenvalue weighted by molar-refractivity contribution is 5.87. The predicted molar refractivity (Wildman–Crippen MR) is 123 cm³/mol. The number of methoxy groups -OCH3 is 2. The highest BCUT2D eigenvalue weighted by Gasteiger charge is 2.20. The smallest absolute Gasteiger partial charge is 0.230 e. The molecule has 0 radical (unpaired) electrons. The van der Waals surface area contributed by atoms with Crippen LogP contribution in [0.25, 0.3) is 22.0 Å².